The van der Waals surface area contributed by atoms with Crippen LogP contribution in [0.4, 0.5) is 0 Å². The molecular formula is C22H50N2O3Si. The van der Waals surface area contributed by atoms with Crippen LogP contribution in [0.2, 0.25) is 5.04 Å². The molecule has 0 bridgehead atoms. The van der Waals surface area contributed by atoms with Crippen LogP contribution in [-0.4, -0.2) is 50.3 Å². The van der Waals surface area contributed by atoms with E-state index in [9.17, 15) is 0 Å². The molecule has 0 heterocycles. The number of hydrogen-bond acceptors (Lipinski definition) is 5. The van der Waals surface area contributed by atoms with Crippen molar-refractivity contribution >= 4 is 8.80 Å². The maximum Gasteiger partial charge on any atom is 0.507 e. The van der Waals surface area contributed by atoms with Gasteiger partial charge in [0.1, 0.15) is 0 Å². The summed E-state index contributed by atoms with van der Waals surface area (Å²) in [4.78, 5) is 0. The van der Waals surface area contributed by atoms with Gasteiger partial charge < -0.3 is 24.3 Å². The summed E-state index contributed by atoms with van der Waals surface area (Å²) >= 11 is 0. The van der Waals surface area contributed by atoms with E-state index in [1.807, 2.05) is 7.05 Å². The molecule has 6 heteroatoms. The standard InChI is InChI=1S/C22H50N2O3Si/c1-8-11-15-21(20-23,16-14-19-24-4)22(17-12-9-2,18-13-10-3)28(25-5,26-6)27-7/h24H,8-20,23H2,1-7H3. The second-order valence-electron chi connectivity index (χ2n) is 8.25. The van der Waals surface area contributed by atoms with Crippen LogP contribution in [0, 0.1) is 5.41 Å². The molecule has 0 fully saturated rings. The molecule has 170 valence electrons. The van der Waals surface area contributed by atoms with Crippen LogP contribution in [0.25, 0.3) is 0 Å². The van der Waals surface area contributed by atoms with E-state index in [2.05, 4.69) is 26.1 Å². The highest BCUT2D eigenvalue weighted by Gasteiger charge is 2.67. The minimum Gasteiger partial charge on any atom is -0.376 e. The first-order valence-electron chi connectivity index (χ1n) is 11.5. The Morgan fingerprint density at radius 3 is 1.54 bits per heavy atom. The van der Waals surface area contributed by atoms with E-state index in [0.29, 0.717) is 6.54 Å². The highest BCUT2D eigenvalue weighted by Crippen LogP contribution is 2.63. The van der Waals surface area contributed by atoms with Crippen molar-refractivity contribution in [1.29, 1.82) is 0 Å². The normalized spacial score (nSPS) is 15.0. The van der Waals surface area contributed by atoms with E-state index >= 15 is 0 Å². The Morgan fingerprint density at radius 1 is 0.750 bits per heavy atom. The summed E-state index contributed by atoms with van der Waals surface area (Å²) in [7, 11) is 4.42. The van der Waals surface area contributed by atoms with Gasteiger partial charge in [-0.05, 0) is 57.7 Å². The van der Waals surface area contributed by atoms with Crippen LogP contribution in [0.15, 0.2) is 0 Å². The average molecular weight is 419 g/mol. The van der Waals surface area contributed by atoms with Crippen molar-refractivity contribution in [2.24, 2.45) is 11.1 Å². The summed E-state index contributed by atoms with van der Waals surface area (Å²) in [5.74, 6) is 0. The predicted molar refractivity (Wildman–Crippen MR) is 123 cm³/mol. The molecule has 0 aliphatic heterocycles. The molecule has 0 aliphatic carbocycles. The molecule has 0 aromatic rings. The van der Waals surface area contributed by atoms with Gasteiger partial charge in [-0.25, -0.2) is 0 Å². The van der Waals surface area contributed by atoms with Crippen molar-refractivity contribution in [1.82, 2.24) is 5.32 Å². The van der Waals surface area contributed by atoms with Crippen molar-refractivity contribution in [2.75, 3.05) is 41.5 Å². The molecule has 0 saturated heterocycles. The van der Waals surface area contributed by atoms with Gasteiger partial charge in [-0.1, -0.05) is 59.3 Å². The Kier molecular flexibility index (Phi) is 14.9. The Hall–Kier alpha value is 0.0169. The summed E-state index contributed by atoms with van der Waals surface area (Å²) in [6, 6.07) is 0. The van der Waals surface area contributed by atoms with Gasteiger partial charge in [0, 0.05) is 26.4 Å². The molecule has 0 saturated carbocycles. The Balaban J connectivity index is 6.56. The van der Waals surface area contributed by atoms with Gasteiger partial charge in [-0.15, -0.1) is 0 Å². The number of nitrogens with one attached hydrogen (secondary N) is 1. The van der Waals surface area contributed by atoms with E-state index in [-0.39, 0.29) is 10.5 Å². The maximum atomic E-state index is 6.66. The summed E-state index contributed by atoms with van der Waals surface area (Å²) in [6.45, 7) is 8.46. The van der Waals surface area contributed by atoms with Crippen molar-refractivity contribution in [3.63, 3.8) is 0 Å². The third-order valence-electron chi connectivity index (χ3n) is 6.80. The van der Waals surface area contributed by atoms with Crippen molar-refractivity contribution in [2.45, 2.75) is 96.4 Å². The van der Waals surface area contributed by atoms with Crippen LogP contribution in [0.1, 0.15) is 91.4 Å². The molecule has 1 unspecified atom stereocenters. The zero-order valence-electron chi connectivity index (χ0n) is 20.0. The Bertz CT molecular complexity index is 365. The van der Waals surface area contributed by atoms with Crippen molar-refractivity contribution < 1.29 is 13.3 Å². The van der Waals surface area contributed by atoms with E-state index in [1.54, 1.807) is 21.3 Å². The molecule has 0 amide bonds. The Morgan fingerprint density at radius 2 is 1.18 bits per heavy atom. The molecule has 3 N–H and O–H groups in total. The molecule has 0 radical (unpaired) electrons. The van der Waals surface area contributed by atoms with Crippen molar-refractivity contribution in [3.05, 3.63) is 0 Å². The smallest absolute Gasteiger partial charge is 0.376 e. The first kappa shape index (κ1) is 28.0. The summed E-state index contributed by atoms with van der Waals surface area (Å²) in [5, 5.41) is 3.16. The Labute approximate surface area is 176 Å². The minimum atomic E-state index is -2.94. The third-order valence-corrected chi connectivity index (χ3v) is 10.6. The molecule has 1 atom stereocenters. The lowest BCUT2D eigenvalue weighted by Gasteiger charge is -2.56. The van der Waals surface area contributed by atoms with Crippen molar-refractivity contribution in [3.8, 4) is 0 Å². The van der Waals surface area contributed by atoms with Gasteiger partial charge in [0.2, 0.25) is 0 Å². The fraction of sp³-hybridized carbons (Fsp3) is 1.00. The maximum absolute atomic E-state index is 6.66. The number of hydrogen-bond donors (Lipinski definition) is 2. The van der Waals surface area contributed by atoms with Crippen LogP contribution >= 0.6 is 0 Å². The first-order chi connectivity index (χ1) is 13.5. The van der Waals surface area contributed by atoms with E-state index < -0.39 is 8.80 Å². The lowest BCUT2D eigenvalue weighted by Crippen LogP contribution is -2.63. The highest BCUT2D eigenvalue weighted by molar-refractivity contribution is 6.64. The second-order valence-corrected chi connectivity index (χ2v) is 11.5. The van der Waals surface area contributed by atoms with Crippen LogP contribution in [0.5, 0.6) is 0 Å². The topological polar surface area (TPSA) is 65.7 Å². The van der Waals surface area contributed by atoms with Gasteiger partial charge in [0.25, 0.3) is 0 Å². The zero-order valence-corrected chi connectivity index (χ0v) is 21.0. The lowest BCUT2D eigenvalue weighted by atomic mass is 9.64. The summed E-state index contributed by atoms with van der Waals surface area (Å²) in [5.41, 5.74) is 6.63. The quantitative estimate of drug-likeness (QED) is 0.225. The van der Waals surface area contributed by atoms with Crippen LogP contribution in [-0.2, 0) is 13.3 Å². The summed E-state index contributed by atoms with van der Waals surface area (Å²) in [6.07, 6.45) is 12.4. The zero-order chi connectivity index (χ0) is 21.5. The molecule has 5 nitrogen and oxygen atoms in total. The molecule has 28 heavy (non-hydrogen) atoms. The number of unbranched alkanes of at least 4 members (excludes halogenated alkanes) is 3. The second kappa shape index (κ2) is 14.9. The molecule has 0 spiro atoms. The fourth-order valence-electron chi connectivity index (χ4n) is 5.20. The predicted octanol–water partition coefficient (Wildman–Crippen LogP) is 5.12. The SMILES string of the molecule is CCCCC(CN)(CCCNC)C(CCCC)(CCCC)[Si](OC)(OC)OC. The average Bonchev–Trinajstić information content (AvgIpc) is 2.73. The highest BCUT2D eigenvalue weighted by atomic mass is 28.4. The summed E-state index contributed by atoms with van der Waals surface area (Å²) < 4.78 is 18.6. The minimum absolute atomic E-state index is 0.0293. The van der Waals surface area contributed by atoms with Gasteiger partial charge >= 0.3 is 8.80 Å². The largest absolute Gasteiger partial charge is 0.507 e. The fourth-order valence-corrected chi connectivity index (χ4v) is 8.84. The van der Waals surface area contributed by atoms with E-state index in [1.165, 1.54) is 12.8 Å². The molecule has 0 rings (SSSR count). The monoisotopic (exact) mass is 418 g/mol. The van der Waals surface area contributed by atoms with Gasteiger partial charge in [-0.3, -0.25) is 0 Å². The molecule has 0 aromatic heterocycles. The first-order valence-corrected chi connectivity index (χ1v) is 13.2. The number of nitrogens with two attached hydrogens (primary N) is 1. The van der Waals surface area contributed by atoms with E-state index in [0.717, 1.165) is 64.3 Å². The van der Waals surface area contributed by atoms with Gasteiger partial charge in [-0.2, -0.15) is 0 Å². The molecular weight excluding hydrogens is 368 g/mol. The lowest BCUT2D eigenvalue weighted by molar-refractivity contribution is 0.0131. The molecule has 0 aromatic carbocycles. The van der Waals surface area contributed by atoms with Crippen LogP contribution in [0.3, 0.4) is 0 Å². The van der Waals surface area contributed by atoms with Gasteiger partial charge in [0.05, 0.1) is 0 Å². The van der Waals surface area contributed by atoms with Crippen LogP contribution < -0.4 is 11.1 Å². The van der Waals surface area contributed by atoms with E-state index in [4.69, 9.17) is 19.0 Å². The van der Waals surface area contributed by atoms with Gasteiger partial charge in [0.15, 0.2) is 0 Å². The molecule has 0 aliphatic rings. The third kappa shape index (κ3) is 6.26. The number of rotatable bonds is 19.